The van der Waals surface area contributed by atoms with Crippen molar-refractivity contribution in [3.05, 3.63) is 17.5 Å². The van der Waals surface area contributed by atoms with E-state index in [1.807, 2.05) is 7.05 Å². The van der Waals surface area contributed by atoms with Gasteiger partial charge in [0.25, 0.3) is 0 Å². The average molecular weight is 237 g/mol. The first-order chi connectivity index (χ1) is 8.11. The van der Waals surface area contributed by atoms with Crippen LogP contribution in [-0.2, 0) is 13.7 Å². The molecule has 0 amide bonds. The van der Waals surface area contributed by atoms with E-state index in [0.717, 1.165) is 17.9 Å². The molecule has 1 aliphatic rings. The van der Waals surface area contributed by atoms with Crippen molar-refractivity contribution in [2.75, 3.05) is 13.1 Å². The van der Waals surface area contributed by atoms with E-state index < -0.39 is 0 Å². The van der Waals surface area contributed by atoms with Crippen LogP contribution in [0.25, 0.3) is 0 Å². The van der Waals surface area contributed by atoms with E-state index in [1.165, 1.54) is 19.4 Å². The highest BCUT2D eigenvalue weighted by Gasteiger charge is 2.25. The fraction of sp³-hybridized carbons (Fsp3) is 0.769. The van der Waals surface area contributed by atoms with Crippen molar-refractivity contribution in [1.82, 2.24) is 14.7 Å². The quantitative estimate of drug-likeness (QED) is 0.866. The minimum absolute atomic E-state index is 0.0735. The van der Waals surface area contributed by atoms with Crippen LogP contribution in [0, 0.1) is 0 Å². The summed E-state index contributed by atoms with van der Waals surface area (Å²) in [5.41, 5.74) is 2.04. The number of aliphatic hydroxyl groups excluding tert-OH is 1. The van der Waals surface area contributed by atoms with E-state index in [0.29, 0.717) is 12.0 Å². The van der Waals surface area contributed by atoms with E-state index >= 15 is 0 Å². The molecule has 0 spiro atoms. The first-order valence-corrected chi connectivity index (χ1v) is 6.49. The summed E-state index contributed by atoms with van der Waals surface area (Å²) in [6.45, 7) is 6.87. The van der Waals surface area contributed by atoms with Crippen LogP contribution in [0.3, 0.4) is 0 Å². The van der Waals surface area contributed by atoms with Crippen LogP contribution in [0.2, 0.25) is 0 Å². The Morgan fingerprint density at radius 3 is 2.88 bits per heavy atom. The van der Waals surface area contributed by atoms with Gasteiger partial charge in [0.2, 0.25) is 0 Å². The lowest BCUT2D eigenvalue weighted by molar-refractivity contribution is 0.166. The Hall–Kier alpha value is -0.870. The number of piperidine rings is 1. The van der Waals surface area contributed by atoms with Crippen molar-refractivity contribution < 1.29 is 5.11 Å². The maximum Gasteiger partial charge on any atom is 0.0849 e. The van der Waals surface area contributed by atoms with Gasteiger partial charge >= 0.3 is 0 Å². The molecule has 4 heteroatoms. The van der Waals surface area contributed by atoms with E-state index in [9.17, 15) is 5.11 Å². The molecule has 1 atom stereocenters. The number of hydrogen-bond donors (Lipinski definition) is 1. The van der Waals surface area contributed by atoms with Gasteiger partial charge in [-0.05, 0) is 39.3 Å². The van der Waals surface area contributed by atoms with Gasteiger partial charge in [0, 0.05) is 25.6 Å². The first kappa shape index (κ1) is 12.6. The Labute approximate surface area is 103 Å². The summed E-state index contributed by atoms with van der Waals surface area (Å²) in [4.78, 5) is 2.52. The number of aliphatic hydroxyl groups is 1. The van der Waals surface area contributed by atoms with Gasteiger partial charge in [-0.25, -0.2) is 0 Å². The third-order valence-electron chi connectivity index (χ3n) is 3.76. The van der Waals surface area contributed by atoms with Crippen LogP contribution in [0.1, 0.15) is 44.0 Å². The highest BCUT2D eigenvalue weighted by atomic mass is 16.3. The number of aryl methyl sites for hydroxylation is 1. The molecule has 1 aromatic heterocycles. The second kappa shape index (κ2) is 5.19. The van der Waals surface area contributed by atoms with Crippen molar-refractivity contribution in [2.24, 2.45) is 7.05 Å². The molecular weight excluding hydrogens is 214 g/mol. The zero-order chi connectivity index (χ0) is 12.4. The minimum atomic E-state index is 0.0735. The molecule has 0 bridgehead atoms. The van der Waals surface area contributed by atoms with Gasteiger partial charge < -0.3 is 10.0 Å². The molecule has 17 heavy (non-hydrogen) atoms. The predicted molar refractivity (Wildman–Crippen MR) is 67.8 cm³/mol. The molecular formula is C13H23N3O. The summed E-state index contributed by atoms with van der Waals surface area (Å²) in [5, 5.41) is 13.7. The van der Waals surface area contributed by atoms with Crippen LogP contribution in [0.4, 0.5) is 0 Å². The van der Waals surface area contributed by atoms with Crippen LogP contribution in [0.5, 0.6) is 0 Å². The van der Waals surface area contributed by atoms with E-state index in [1.54, 1.807) is 4.68 Å². The van der Waals surface area contributed by atoms with Crippen molar-refractivity contribution in [2.45, 2.75) is 45.3 Å². The molecule has 1 unspecified atom stereocenters. The lowest BCUT2D eigenvalue weighted by Gasteiger charge is -2.34. The maximum absolute atomic E-state index is 9.20. The zero-order valence-electron chi connectivity index (χ0n) is 11.1. The van der Waals surface area contributed by atoms with E-state index in [4.69, 9.17) is 0 Å². The second-order valence-corrected chi connectivity index (χ2v) is 5.27. The highest BCUT2D eigenvalue weighted by molar-refractivity contribution is 5.15. The number of rotatable bonds is 3. The van der Waals surface area contributed by atoms with Gasteiger partial charge in [-0.2, -0.15) is 5.10 Å². The molecule has 4 nitrogen and oxygen atoms in total. The molecule has 0 aromatic carbocycles. The Kier molecular flexibility index (Phi) is 3.84. The van der Waals surface area contributed by atoms with E-state index in [2.05, 4.69) is 29.9 Å². The summed E-state index contributed by atoms with van der Waals surface area (Å²) in [6, 6.07) is 2.66. The zero-order valence-corrected chi connectivity index (χ0v) is 11.1. The summed E-state index contributed by atoms with van der Waals surface area (Å²) >= 11 is 0. The van der Waals surface area contributed by atoms with Gasteiger partial charge in [-0.1, -0.05) is 0 Å². The molecule has 0 radical (unpaired) electrons. The van der Waals surface area contributed by atoms with Crippen molar-refractivity contribution in [1.29, 1.82) is 0 Å². The van der Waals surface area contributed by atoms with Crippen LogP contribution >= 0.6 is 0 Å². The molecule has 1 fully saturated rings. The number of nitrogens with zero attached hydrogens (tertiary/aromatic N) is 3. The third kappa shape index (κ3) is 2.69. The average Bonchev–Trinajstić information content (AvgIpc) is 2.71. The molecule has 1 aliphatic heterocycles. The van der Waals surface area contributed by atoms with Gasteiger partial charge in [0.1, 0.15) is 0 Å². The van der Waals surface area contributed by atoms with Gasteiger partial charge in [-0.15, -0.1) is 0 Å². The Bertz CT molecular complexity index is 373. The fourth-order valence-electron chi connectivity index (χ4n) is 2.59. The maximum atomic E-state index is 9.20. The summed E-state index contributed by atoms with van der Waals surface area (Å²) in [6.07, 6.45) is 2.46. The second-order valence-electron chi connectivity index (χ2n) is 5.27. The normalized spacial score (nSPS) is 22.3. The van der Waals surface area contributed by atoms with Crippen molar-refractivity contribution in [3.8, 4) is 0 Å². The van der Waals surface area contributed by atoms with Crippen molar-refractivity contribution in [3.63, 3.8) is 0 Å². The first-order valence-electron chi connectivity index (χ1n) is 6.49. The number of hydrogen-bond acceptors (Lipinski definition) is 3. The minimum Gasteiger partial charge on any atom is -0.390 e. The third-order valence-corrected chi connectivity index (χ3v) is 3.76. The predicted octanol–water partition coefficient (Wildman–Crippen LogP) is 1.50. The lowest BCUT2D eigenvalue weighted by atomic mass is 9.94. The van der Waals surface area contributed by atoms with E-state index in [-0.39, 0.29) is 6.61 Å². The fourth-order valence-corrected chi connectivity index (χ4v) is 2.59. The number of likely N-dealkylation sites (tertiary alicyclic amines) is 1. The van der Waals surface area contributed by atoms with Gasteiger partial charge in [0.05, 0.1) is 18.0 Å². The summed E-state index contributed by atoms with van der Waals surface area (Å²) in [5.74, 6) is 0.526. The van der Waals surface area contributed by atoms with Crippen LogP contribution < -0.4 is 0 Å². The molecule has 1 N–H and O–H groups in total. The largest absolute Gasteiger partial charge is 0.390 e. The van der Waals surface area contributed by atoms with Crippen molar-refractivity contribution >= 4 is 0 Å². The molecule has 2 heterocycles. The highest BCUT2D eigenvalue weighted by Crippen LogP contribution is 2.27. The smallest absolute Gasteiger partial charge is 0.0849 e. The molecule has 2 rings (SSSR count). The Balaban J connectivity index is 2.10. The monoisotopic (exact) mass is 237 g/mol. The SMILES string of the molecule is CC(C)N1CCCC(c2cc(CO)n(C)n2)C1. The Morgan fingerprint density at radius 1 is 1.53 bits per heavy atom. The van der Waals surface area contributed by atoms with Gasteiger partial charge in [0.15, 0.2) is 0 Å². The molecule has 0 aliphatic carbocycles. The molecule has 0 saturated carbocycles. The number of aromatic nitrogens is 2. The summed E-state index contributed by atoms with van der Waals surface area (Å²) < 4.78 is 1.80. The molecule has 96 valence electrons. The van der Waals surface area contributed by atoms with Crippen LogP contribution in [0.15, 0.2) is 6.07 Å². The molecule has 1 saturated heterocycles. The topological polar surface area (TPSA) is 41.3 Å². The van der Waals surface area contributed by atoms with Crippen LogP contribution in [-0.4, -0.2) is 38.9 Å². The lowest BCUT2D eigenvalue weighted by Crippen LogP contribution is -2.39. The van der Waals surface area contributed by atoms with Gasteiger partial charge in [-0.3, -0.25) is 4.68 Å². The standard InChI is InChI=1S/C13H23N3O/c1-10(2)16-6-4-5-11(8-16)13-7-12(9-17)15(3)14-13/h7,10-11,17H,4-6,8-9H2,1-3H3. The molecule has 1 aromatic rings. The summed E-state index contributed by atoms with van der Waals surface area (Å²) in [7, 11) is 1.90. The Morgan fingerprint density at radius 2 is 2.29 bits per heavy atom.